The molecule has 2 aromatic heterocycles. The van der Waals surface area contributed by atoms with Crippen molar-refractivity contribution in [2.24, 2.45) is 17.4 Å². The monoisotopic (exact) mass is 353 g/mol. The van der Waals surface area contributed by atoms with Gasteiger partial charge in [0.15, 0.2) is 5.69 Å². The molecular weight excluding hydrogens is 326 g/mol. The van der Waals surface area contributed by atoms with Crippen molar-refractivity contribution in [1.29, 1.82) is 0 Å². The van der Waals surface area contributed by atoms with Crippen molar-refractivity contribution in [1.82, 2.24) is 9.97 Å². The van der Waals surface area contributed by atoms with Crippen molar-refractivity contribution >= 4 is 17.4 Å². The Balaban J connectivity index is 1.87. The number of hydrogen-bond donors (Lipinski definition) is 3. The van der Waals surface area contributed by atoms with Crippen LogP contribution in [0.3, 0.4) is 0 Å². The zero-order valence-corrected chi connectivity index (χ0v) is 15.5. The predicted molar refractivity (Wildman–Crippen MR) is 103 cm³/mol. The SMILES string of the molecule is Cc1cc(C)nc(Nc2cc(C[C@@H]3CCCC[C@@H]3N)cnc2C(N)=O)c1. The van der Waals surface area contributed by atoms with Crippen molar-refractivity contribution in [3.8, 4) is 0 Å². The largest absolute Gasteiger partial charge is 0.364 e. The van der Waals surface area contributed by atoms with Crippen LogP contribution in [-0.2, 0) is 6.42 Å². The summed E-state index contributed by atoms with van der Waals surface area (Å²) in [6.07, 6.45) is 7.25. The van der Waals surface area contributed by atoms with Crippen molar-refractivity contribution in [3.05, 3.63) is 46.9 Å². The van der Waals surface area contributed by atoms with E-state index >= 15 is 0 Å². The Morgan fingerprint density at radius 1 is 1.23 bits per heavy atom. The summed E-state index contributed by atoms with van der Waals surface area (Å²) < 4.78 is 0. The highest BCUT2D eigenvalue weighted by atomic mass is 16.1. The highest BCUT2D eigenvalue weighted by Gasteiger charge is 2.23. The Kier molecular flexibility index (Phi) is 5.52. The first kappa shape index (κ1) is 18.3. The normalized spacial score (nSPS) is 20.0. The van der Waals surface area contributed by atoms with Crippen LogP contribution in [0.4, 0.5) is 11.5 Å². The highest BCUT2D eigenvalue weighted by Crippen LogP contribution is 2.28. The molecule has 5 N–H and O–H groups in total. The van der Waals surface area contributed by atoms with Gasteiger partial charge in [0.2, 0.25) is 0 Å². The minimum atomic E-state index is -0.558. The van der Waals surface area contributed by atoms with Gasteiger partial charge in [0, 0.05) is 17.9 Å². The van der Waals surface area contributed by atoms with Gasteiger partial charge in [-0.3, -0.25) is 4.79 Å². The summed E-state index contributed by atoms with van der Waals surface area (Å²) in [5.41, 5.74) is 15.7. The first-order valence-corrected chi connectivity index (χ1v) is 9.19. The number of rotatable bonds is 5. The highest BCUT2D eigenvalue weighted by molar-refractivity contribution is 5.97. The molecule has 2 atom stereocenters. The number of nitrogens with two attached hydrogens (primary N) is 2. The van der Waals surface area contributed by atoms with Crippen molar-refractivity contribution < 1.29 is 4.79 Å². The third-order valence-electron chi connectivity index (χ3n) is 5.00. The number of aryl methyl sites for hydroxylation is 2. The van der Waals surface area contributed by atoms with Crippen LogP contribution in [0, 0.1) is 19.8 Å². The standard InChI is InChI=1S/C20H27N5O/c1-12-7-13(2)24-18(8-12)25-17-10-14(11-23-19(17)20(22)26)9-15-5-3-4-6-16(15)21/h7-8,10-11,15-16H,3-6,9,21H2,1-2H3,(H2,22,26)(H,24,25)/t15-,16-/m0/s1. The Hall–Kier alpha value is -2.47. The minimum absolute atomic E-state index is 0.225. The number of anilines is 2. The van der Waals surface area contributed by atoms with Gasteiger partial charge in [-0.1, -0.05) is 12.8 Å². The van der Waals surface area contributed by atoms with E-state index in [0.717, 1.165) is 36.1 Å². The molecule has 0 aliphatic heterocycles. The molecule has 0 unspecified atom stereocenters. The fourth-order valence-corrected chi connectivity index (χ4v) is 3.75. The van der Waals surface area contributed by atoms with Gasteiger partial charge in [0.1, 0.15) is 5.82 Å². The number of hydrogen-bond acceptors (Lipinski definition) is 5. The van der Waals surface area contributed by atoms with Crippen LogP contribution in [0.1, 0.15) is 53.0 Å². The molecule has 6 nitrogen and oxygen atoms in total. The zero-order valence-electron chi connectivity index (χ0n) is 15.5. The van der Waals surface area contributed by atoms with E-state index in [9.17, 15) is 4.79 Å². The smallest absolute Gasteiger partial charge is 0.269 e. The average molecular weight is 353 g/mol. The Labute approximate surface area is 154 Å². The van der Waals surface area contributed by atoms with E-state index in [2.05, 4.69) is 15.3 Å². The summed E-state index contributed by atoms with van der Waals surface area (Å²) in [4.78, 5) is 20.6. The van der Waals surface area contributed by atoms with E-state index in [1.54, 1.807) is 6.20 Å². The van der Waals surface area contributed by atoms with E-state index in [-0.39, 0.29) is 11.7 Å². The third-order valence-corrected chi connectivity index (χ3v) is 5.00. The maximum absolute atomic E-state index is 11.8. The summed E-state index contributed by atoms with van der Waals surface area (Å²) in [6, 6.07) is 6.12. The molecule has 0 bridgehead atoms. The topological polar surface area (TPSA) is 107 Å². The van der Waals surface area contributed by atoms with E-state index < -0.39 is 5.91 Å². The van der Waals surface area contributed by atoms with Crippen LogP contribution in [0.25, 0.3) is 0 Å². The van der Waals surface area contributed by atoms with E-state index in [1.165, 1.54) is 12.8 Å². The molecule has 1 fully saturated rings. The lowest BCUT2D eigenvalue weighted by Crippen LogP contribution is -2.34. The van der Waals surface area contributed by atoms with Gasteiger partial charge in [0.05, 0.1) is 5.69 Å². The molecule has 138 valence electrons. The molecule has 1 aliphatic carbocycles. The molecule has 2 aromatic rings. The van der Waals surface area contributed by atoms with Crippen LogP contribution in [0.5, 0.6) is 0 Å². The summed E-state index contributed by atoms with van der Waals surface area (Å²) in [5, 5.41) is 3.22. The number of nitrogens with one attached hydrogen (secondary N) is 1. The second kappa shape index (κ2) is 7.83. The zero-order chi connectivity index (χ0) is 18.7. The maximum atomic E-state index is 11.8. The molecule has 0 radical (unpaired) electrons. The summed E-state index contributed by atoms with van der Waals surface area (Å²) in [5.74, 6) is 0.577. The molecule has 0 spiro atoms. The Bertz CT molecular complexity index is 785. The lowest BCUT2D eigenvalue weighted by Gasteiger charge is -2.28. The van der Waals surface area contributed by atoms with E-state index in [1.807, 2.05) is 32.0 Å². The molecule has 3 rings (SSSR count). The first-order valence-electron chi connectivity index (χ1n) is 9.19. The molecule has 6 heteroatoms. The maximum Gasteiger partial charge on any atom is 0.269 e. The van der Waals surface area contributed by atoms with Gasteiger partial charge in [0.25, 0.3) is 5.91 Å². The van der Waals surface area contributed by atoms with Crippen LogP contribution in [0.2, 0.25) is 0 Å². The quantitative estimate of drug-likeness (QED) is 0.766. The molecule has 1 aliphatic rings. The predicted octanol–water partition coefficient (Wildman–Crippen LogP) is 3.00. The van der Waals surface area contributed by atoms with Crippen LogP contribution in [-0.4, -0.2) is 21.9 Å². The number of nitrogens with zero attached hydrogens (tertiary/aromatic N) is 2. The van der Waals surface area contributed by atoms with Gasteiger partial charge >= 0.3 is 0 Å². The molecule has 0 saturated heterocycles. The van der Waals surface area contributed by atoms with Crippen molar-refractivity contribution in [2.75, 3.05) is 5.32 Å². The second-order valence-electron chi connectivity index (χ2n) is 7.31. The van der Waals surface area contributed by atoms with Crippen molar-refractivity contribution in [2.45, 2.75) is 52.0 Å². The number of carbonyl (C=O) groups excluding carboxylic acids is 1. The fourth-order valence-electron chi connectivity index (χ4n) is 3.75. The number of amides is 1. The molecular formula is C20H27N5O. The molecule has 26 heavy (non-hydrogen) atoms. The van der Waals surface area contributed by atoms with Gasteiger partial charge in [-0.05, 0) is 68.4 Å². The molecule has 1 amide bonds. The lowest BCUT2D eigenvalue weighted by atomic mass is 9.81. The summed E-state index contributed by atoms with van der Waals surface area (Å²) in [7, 11) is 0. The Morgan fingerprint density at radius 3 is 2.69 bits per heavy atom. The van der Waals surface area contributed by atoms with Crippen molar-refractivity contribution in [3.63, 3.8) is 0 Å². The summed E-state index contributed by atoms with van der Waals surface area (Å²) >= 11 is 0. The average Bonchev–Trinajstić information content (AvgIpc) is 2.56. The third kappa shape index (κ3) is 4.38. The number of carbonyl (C=O) groups is 1. The Morgan fingerprint density at radius 2 is 2.00 bits per heavy atom. The van der Waals surface area contributed by atoms with Gasteiger partial charge < -0.3 is 16.8 Å². The first-order chi connectivity index (χ1) is 12.4. The molecule has 2 heterocycles. The summed E-state index contributed by atoms with van der Waals surface area (Å²) in [6.45, 7) is 3.94. The molecule has 1 saturated carbocycles. The van der Waals surface area contributed by atoms with Crippen LogP contribution >= 0.6 is 0 Å². The van der Waals surface area contributed by atoms with Crippen LogP contribution < -0.4 is 16.8 Å². The van der Waals surface area contributed by atoms with Gasteiger partial charge in [-0.25, -0.2) is 9.97 Å². The number of aromatic nitrogens is 2. The van der Waals surface area contributed by atoms with Gasteiger partial charge in [-0.15, -0.1) is 0 Å². The van der Waals surface area contributed by atoms with Gasteiger partial charge in [-0.2, -0.15) is 0 Å². The van der Waals surface area contributed by atoms with Crippen LogP contribution in [0.15, 0.2) is 24.4 Å². The second-order valence-corrected chi connectivity index (χ2v) is 7.31. The lowest BCUT2D eigenvalue weighted by molar-refractivity contribution is 0.0996. The molecule has 0 aromatic carbocycles. The number of pyridine rings is 2. The van der Waals surface area contributed by atoms with E-state index in [0.29, 0.717) is 17.4 Å². The number of primary amides is 1. The van der Waals surface area contributed by atoms with E-state index in [4.69, 9.17) is 11.5 Å². The minimum Gasteiger partial charge on any atom is -0.364 e. The fraction of sp³-hybridized carbons (Fsp3) is 0.450.